The molecule has 8 nitrogen and oxygen atoms in total. The Morgan fingerprint density at radius 3 is 1.84 bits per heavy atom. The summed E-state index contributed by atoms with van der Waals surface area (Å²) in [6.45, 7) is 3.63. The van der Waals surface area contributed by atoms with E-state index in [4.69, 9.17) is 11.6 Å². The van der Waals surface area contributed by atoms with Crippen LogP contribution < -0.4 is 14.8 Å². The normalized spacial score (nSPS) is 11.6. The molecule has 3 N–H and O–H groups in total. The largest absolute Gasteiger partial charge is 0.322 e. The van der Waals surface area contributed by atoms with E-state index in [1.165, 1.54) is 54.6 Å². The number of amides is 1. The second kappa shape index (κ2) is 10.9. The van der Waals surface area contributed by atoms with E-state index in [-0.39, 0.29) is 26.1 Å². The summed E-state index contributed by atoms with van der Waals surface area (Å²) in [5.74, 6) is -0.597. The van der Waals surface area contributed by atoms with Crippen molar-refractivity contribution >= 4 is 54.6 Å². The van der Waals surface area contributed by atoms with Crippen LogP contribution >= 0.6 is 11.6 Å². The van der Waals surface area contributed by atoms with Gasteiger partial charge in [-0.1, -0.05) is 48.0 Å². The summed E-state index contributed by atoms with van der Waals surface area (Å²) in [7, 11) is -7.72. The van der Waals surface area contributed by atoms with Crippen LogP contribution in [0.1, 0.15) is 21.5 Å². The van der Waals surface area contributed by atoms with Crippen molar-refractivity contribution in [3.8, 4) is 0 Å². The second-order valence-electron chi connectivity index (χ2n) is 8.46. The highest BCUT2D eigenvalue weighted by Crippen LogP contribution is 2.26. The summed E-state index contributed by atoms with van der Waals surface area (Å²) in [6.07, 6.45) is 0. The Hall–Kier alpha value is -3.86. The molecule has 0 bridgehead atoms. The van der Waals surface area contributed by atoms with Crippen LogP contribution in [0.2, 0.25) is 5.02 Å². The zero-order chi connectivity index (χ0) is 27.5. The maximum absolute atomic E-state index is 12.9. The minimum Gasteiger partial charge on any atom is -0.322 e. The van der Waals surface area contributed by atoms with E-state index in [2.05, 4.69) is 14.8 Å². The third-order valence-electron chi connectivity index (χ3n) is 5.66. The molecule has 0 radical (unpaired) electrons. The van der Waals surface area contributed by atoms with Gasteiger partial charge in [-0.15, -0.1) is 0 Å². The molecule has 0 heterocycles. The van der Waals surface area contributed by atoms with E-state index in [0.717, 1.165) is 11.1 Å². The first kappa shape index (κ1) is 27.2. The van der Waals surface area contributed by atoms with Crippen molar-refractivity contribution in [1.82, 2.24) is 0 Å². The van der Waals surface area contributed by atoms with Crippen LogP contribution in [-0.2, 0) is 20.0 Å². The molecule has 0 unspecified atom stereocenters. The van der Waals surface area contributed by atoms with Crippen molar-refractivity contribution in [3.63, 3.8) is 0 Å². The number of rotatable bonds is 8. The number of carbonyl (C=O) groups is 1. The lowest BCUT2D eigenvalue weighted by Crippen LogP contribution is -2.16. The van der Waals surface area contributed by atoms with E-state index in [0.29, 0.717) is 11.4 Å². The van der Waals surface area contributed by atoms with Crippen molar-refractivity contribution in [2.45, 2.75) is 23.6 Å². The Labute approximate surface area is 226 Å². The first-order valence-corrected chi connectivity index (χ1v) is 14.7. The smallest absolute Gasteiger partial charge is 0.261 e. The van der Waals surface area contributed by atoms with Gasteiger partial charge in [-0.25, -0.2) is 16.8 Å². The molecule has 0 aromatic heterocycles. The highest BCUT2D eigenvalue weighted by molar-refractivity contribution is 7.93. The van der Waals surface area contributed by atoms with Gasteiger partial charge >= 0.3 is 0 Å². The number of halogens is 1. The molecule has 4 aromatic carbocycles. The van der Waals surface area contributed by atoms with Gasteiger partial charge in [-0.3, -0.25) is 14.2 Å². The number of hydrogen-bond acceptors (Lipinski definition) is 5. The Balaban J connectivity index is 1.50. The van der Waals surface area contributed by atoms with Crippen molar-refractivity contribution in [2.75, 3.05) is 14.8 Å². The predicted molar refractivity (Wildman–Crippen MR) is 150 cm³/mol. The molecule has 0 aliphatic carbocycles. The van der Waals surface area contributed by atoms with Crippen LogP contribution in [0.25, 0.3) is 0 Å². The van der Waals surface area contributed by atoms with Gasteiger partial charge in [0.05, 0.1) is 26.1 Å². The summed E-state index contributed by atoms with van der Waals surface area (Å²) in [5, 5.41) is 2.76. The lowest BCUT2D eigenvalue weighted by Gasteiger charge is -2.14. The summed E-state index contributed by atoms with van der Waals surface area (Å²) in [4.78, 5) is 13.0. The molecule has 4 aromatic rings. The number of para-hydroxylation sites is 1. The molecule has 0 spiro atoms. The zero-order valence-electron chi connectivity index (χ0n) is 20.4. The van der Waals surface area contributed by atoms with Crippen LogP contribution in [0.4, 0.5) is 17.1 Å². The number of carbonyl (C=O) groups excluding carboxylic acids is 1. The van der Waals surface area contributed by atoms with Crippen LogP contribution in [0.3, 0.4) is 0 Å². The van der Waals surface area contributed by atoms with Crippen LogP contribution in [0.5, 0.6) is 0 Å². The minimum atomic E-state index is -3.86. The van der Waals surface area contributed by atoms with Crippen molar-refractivity contribution in [2.24, 2.45) is 0 Å². The first-order chi connectivity index (χ1) is 18.0. The number of benzene rings is 4. The fraction of sp³-hybridized carbons (Fsp3) is 0.0741. The highest BCUT2D eigenvalue weighted by Gasteiger charge is 2.19. The predicted octanol–water partition coefficient (Wildman–Crippen LogP) is 5.81. The molecule has 4 rings (SSSR count). The molecule has 0 saturated heterocycles. The fourth-order valence-corrected chi connectivity index (χ4v) is 6.14. The fourth-order valence-electron chi connectivity index (χ4n) is 3.66. The molecule has 0 fully saturated rings. The molecule has 1 amide bonds. The van der Waals surface area contributed by atoms with Crippen molar-refractivity contribution in [1.29, 1.82) is 0 Å². The molecule has 0 atom stereocenters. The Morgan fingerprint density at radius 1 is 0.658 bits per heavy atom. The van der Waals surface area contributed by atoms with Crippen molar-refractivity contribution < 1.29 is 21.6 Å². The van der Waals surface area contributed by atoms with Gasteiger partial charge in [0.2, 0.25) is 0 Å². The van der Waals surface area contributed by atoms with E-state index in [1.807, 2.05) is 32.0 Å². The number of hydrogen-bond donors (Lipinski definition) is 3. The topological polar surface area (TPSA) is 121 Å². The molecule has 38 heavy (non-hydrogen) atoms. The number of aryl methyl sites for hydroxylation is 2. The summed E-state index contributed by atoms with van der Waals surface area (Å²) < 4.78 is 56.1. The van der Waals surface area contributed by atoms with Gasteiger partial charge in [0.15, 0.2) is 0 Å². The van der Waals surface area contributed by atoms with Gasteiger partial charge < -0.3 is 5.32 Å². The Morgan fingerprint density at radius 2 is 1.21 bits per heavy atom. The second-order valence-corrected chi connectivity index (χ2v) is 12.2. The van der Waals surface area contributed by atoms with E-state index in [1.54, 1.807) is 18.2 Å². The molecule has 196 valence electrons. The van der Waals surface area contributed by atoms with Crippen molar-refractivity contribution in [3.05, 3.63) is 113 Å². The standard InChI is InChI=1S/C27H24ClN3O5S2/c1-18-7-6-8-19(2)26(18)31-38(35,36)23-14-11-20(12-15-23)29-27(32)24-17-21(13-16-25(24)28)30-37(33,34)22-9-4-3-5-10-22/h3-17,30-31H,1-2H3,(H,29,32). The first-order valence-electron chi connectivity index (χ1n) is 11.3. The Kier molecular flexibility index (Phi) is 7.77. The minimum absolute atomic E-state index is 0.0218. The molecule has 11 heteroatoms. The average Bonchev–Trinajstić information content (AvgIpc) is 2.88. The quantitative estimate of drug-likeness (QED) is 0.247. The number of anilines is 3. The van der Waals surface area contributed by atoms with E-state index >= 15 is 0 Å². The molecular weight excluding hydrogens is 546 g/mol. The SMILES string of the molecule is Cc1cccc(C)c1NS(=O)(=O)c1ccc(NC(=O)c2cc(NS(=O)(=O)c3ccccc3)ccc2Cl)cc1. The number of sulfonamides is 2. The zero-order valence-corrected chi connectivity index (χ0v) is 22.8. The summed E-state index contributed by atoms with van der Waals surface area (Å²) in [6, 6.07) is 23.1. The molecule has 0 saturated carbocycles. The molecule has 0 aliphatic rings. The third kappa shape index (κ3) is 6.16. The summed E-state index contributed by atoms with van der Waals surface area (Å²) in [5.41, 5.74) is 2.62. The van der Waals surface area contributed by atoms with E-state index < -0.39 is 26.0 Å². The maximum Gasteiger partial charge on any atom is 0.261 e. The maximum atomic E-state index is 12.9. The molecule has 0 aliphatic heterocycles. The lowest BCUT2D eigenvalue weighted by molar-refractivity contribution is 0.102. The average molecular weight is 570 g/mol. The lowest BCUT2D eigenvalue weighted by atomic mass is 10.1. The summed E-state index contributed by atoms with van der Waals surface area (Å²) >= 11 is 6.21. The van der Waals surface area contributed by atoms with Crippen LogP contribution in [0.15, 0.2) is 101 Å². The monoisotopic (exact) mass is 569 g/mol. The molecular formula is C27H24ClN3O5S2. The van der Waals surface area contributed by atoms with Gasteiger partial charge in [0, 0.05) is 11.4 Å². The van der Waals surface area contributed by atoms with Gasteiger partial charge in [-0.2, -0.15) is 0 Å². The van der Waals surface area contributed by atoms with Gasteiger partial charge in [0.25, 0.3) is 26.0 Å². The number of nitrogens with one attached hydrogen (secondary N) is 3. The third-order valence-corrected chi connectivity index (χ3v) is 8.75. The Bertz CT molecular complexity index is 1690. The van der Waals surface area contributed by atoms with Gasteiger partial charge in [-0.05, 0) is 79.6 Å². The van der Waals surface area contributed by atoms with Gasteiger partial charge in [0.1, 0.15) is 0 Å². The van der Waals surface area contributed by atoms with Crippen LogP contribution in [-0.4, -0.2) is 22.7 Å². The van der Waals surface area contributed by atoms with Crippen LogP contribution in [0, 0.1) is 13.8 Å². The highest BCUT2D eigenvalue weighted by atomic mass is 35.5. The van der Waals surface area contributed by atoms with E-state index in [9.17, 15) is 21.6 Å².